The van der Waals surface area contributed by atoms with Crippen molar-refractivity contribution in [3.8, 4) is 0 Å². The van der Waals surface area contributed by atoms with Crippen LogP contribution in [-0.2, 0) is 23.9 Å². The smallest absolute Gasteiger partial charge is 0.316 e. The van der Waals surface area contributed by atoms with Crippen molar-refractivity contribution < 1.29 is 23.9 Å². The van der Waals surface area contributed by atoms with Crippen LogP contribution in [0.25, 0.3) is 0 Å². The van der Waals surface area contributed by atoms with Gasteiger partial charge in [0.2, 0.25) is 0 Å². The van der Waals surface area contributed by atoms with Crippen LogP contribution in [0.1, 0.15) is 59.3 Å². The molecule has 5 nitrogen and oxygen atoms in total. The summed E-state index contributed by atoms with van der Waals surface area (Å²) in [4.78, 5) is 34.8. The molecule has 0 aromatic heterocycles. The fraction of sp³-hybridized carbons (Fsp3) is 0.722. The predicted molar refractivity (Wildman–Crippen MR) is 86.7 cm³/mol. The third-order valence-corrected chi connectivity index (χ3v) is 4.26. The average molecular weight is 324 g/mol. The summed E-state index contributed by atoms with van der Waals surface area (Å²) in [5.74, 6) is -1.39. The molecular weight excluding hydrogens is 296 g/mol. The number of carbonyl (C=O) groups is 3. The standard InChI is InChI=1S/C18H28O5/c1-4-22-18(21)17(13(2)19)12-16(10-11-23-14(3)20)15-8-6-5-7-9-15/h10,15,17H,4-9,11-12H2,1-3H3/b16-10+. The molecule has 23 heavy (non-hydrogen) atoms. The summed E-state index contributed by atoms with van der Waals surface area (Å²) in [6, 6.07) is 0. The van der Waals surface area contributed by atoms with E-state index in [1.165, 1.54) is 20.3 Å². The van der Waals surface area contributed by atoms with Gasteiger partial charge in [0.1, 0.15) is 18.3 Å². The SMILES string of the molecule is CCOC(=O)C(C/C(=C\COC(C)=O)C1CCCCC1)C(C)=O. The Hall–Kier alpha value is -1.65. The van der Waals surface area contributed by atoms with Crippen LogP contribution in [0.2, 0.25) is 0 Å². The van der Waals surface area contributed by atoms with Gasteiger partial charge >= 0.3 is 11.9 Å². The highest BCUT2D eigenvalue weighted by Crippen LogP contribution is 2.33. The van der Waals surface area contributed by atoms with Gasteiger partial charge < -0.3 is 9.47 Å². The van der Waals surface area contributed by atoms with Crippen molar-refractivity contribution in [2.45, 2.75) is 59.3 Å². The number of Topliss-reactive ketones (excluding diaryl/α,β-unsaturated/α-hetero) is 1. The normalized spacial score (nSPS) is 17.4. The summed E-state index contributed by atoms with van der Waals surface area (Å²) in [5.41, 5.74) is 1.04. The van der Waals surface area contributed by atoms with Gasteiger partial charge in [0.15, 0.2) is 0 Å². The largest absolute Gasteiger partial charge is 0.465 e. The lowest BCUT2D eigenvalue weighted by atomic mass is 9.79. The lowest BCUT2D eigenvalue weighted by molar-refractivity contribution is -0.151. The van der Waals surface area contributed by atoms with Crippen molar-refractivity contribution in [3.63, 3.8) is 0 Å². The molecule has 0 aliphatic heterocycles. The molecule has 5 heteroatoms. The van der Waals surface area contributed by atoms with E-state index in [2.05, 4.69) is 0 Å². The molecule has 0 heterocycles. The first kappa shape index (κ1) is 19.4. The maximum Gasteiger partial charge on any atom is 0.316 e. The first-order valence-electron chi connectivity index (χ1n) is 8.45. The van der Waals surface area contributed by atoms with Crippen molar-refractivity contribution in [2.75, 3.05) is 13.2 Å². The van der Waals surface area contributed by atoms with E-state index < -0.39 is 11.9 Å². The van der Waals surface area contributed by atoms with Crippen molar-refractivity contribution in [1.82, 2.24) is 0 Å². The van der Waals surface area contributed by atoms with Crippen molar-refractivity contribution in [3.05, 3.63) is 11.6 Å². The summed E-state index contributed by atoms with van der Waals surface area (Å²) in [6.07, 6.45) is 7.87. The highest BCUT2D eigenvalue weighted by molar-refractivity contribution is 5.98. The van der Waals surface area contributed by atoms with Crippen LogP contribution >= 0.6 is 0 Å². The van der Waals surface area contributed by atoms with Crippen LogP contribution < -0.4 is 0 Å². The fourth-order valence-electron chi connectivity index (χ4n) is 3.03. The number of allylic oxidation sites excluding steroid dienone is 1. The van der Waals surface area contributed by atoms with Gasteiger partial charge in [0.25, 0.3) is 0 Å². The molecule has 1 rings (SSSR count). The minimum Gasteiger partial charge on any atom is -0.465 e. The molecule has 0 radical (unpaired) electrons. The number of hydrogen-bond acceptors (Lipinski definition) is 5. The monoisotopic (exact) mass is 324 g/mol. The van der Waals surface area contributed by atoms with Gasteiger partial charge in [-0.3, -0.25) is 14.4 Å². The number of ether oxygens (including phenoxy) is 2. The minimum absolute atomic E-state index is 0.183. The van der Waals surface area contributed by atoms with E-state index in [1.807, 2.05) is 6.08 Å². The first-order chi connectivity index (χ1) is 11.0. The molecule has 1 atom stereocenters. The van der Waals surface area contributed by atoms with Crippen LogP contribution in [0.3, 0.4) is 0 Å². The molecule has 1 saturated carbocycles. The van der Waals surface area contributed by atoms with Gasteiger partial charge in [-0.15, -0.1) is 0 Å². The Bertz CT molecular complexity index is 446. The van der Waals surface area contributed by atoms with Crippen LogP contribution in [0.15, 0.2) is 11.6 Å². The Kier molecular flexibility index (Phi) is 8.59. The highest BCUT2D eigenvalue weighted by Gasteiger charge is 2.29. The molecule has 0 N–H and O–H groups in total. The number of hydrogen-bond donors (Lipinski definition) is 0. The Morgan fingerprint density at radius 2 is 1.74 bits per heavy atom. The van der Waals surface area contributed by atoms with Crippen molar-refractivity contribution >= 4 is 17.7 Å². The van der Waals surface area contributed by atoms with Gasteiger partial charge in [-0.25, -0.2) is 0 Å². The maximum absolute atomic E-state index is 12.0. The second-order valence-corrected chi connectivity index (χ2v) is 6.04. The zero-order valence-electron chi connectivity index (χ0n) is 14.4. The molecule has 0 saturated heterocycles. The summed E-state index contributed by atoms with van der Waals surface area (Å²) in [6.45, 7) is 4.97. The third kappa shape index (κ3) is 6.97. The molecule has 0 amide bonds. The summed E-state index contributed by atoms with van der Waals surface area (Å²) in [5, 5.41) is 0. The molecule has 1 aliphatic carbocycles. The Morgan fingerprint density at radius 1 is 1.09 bits per heavy atom. The second-order valence-electron chi connectivity index (χ2n) is 6.04. The number of rotatable bonds is 8. The fourth-order valence-corrected chi connectivity index (χ4v) is 3.03. The quantitative estimate of drug-likeness (QED) is 0.389. The zero-order valence-corrected chi connectivity index (χ0v) is 14.4. The van der Waals surface area contributed by atoms with E-state index in [-0.39, 0.29) is 25.0 Å². The van der Waals surface area contributed by atoms with Gasteiger partial charge in [-0.1, -0.05) is 24.8 Å². The third-order valence-electron chi connectivity index (χ3n) is 4.26. The lowest BCUT2D eigenvalue weighted by Crippen LogP contribution is -2.26. The number of esters is 2. The van der Waals surface area contributed by atoms with Crippen molar-refractivity contribution in [2.24, 2.45) is 11.8 Å². The number of carbonyl (C=O) groups excluding carboxylic acids is 3. The molecule has 0 aromatic rings. The Balaban J connectivity index is 2.85. The number of ketones is 1. The van der Waals surface area contributed by atoms with Gasteiger partial charge in [-0.05, 0) is 45.1 Å². The molecule has 0 aromatic carbocycles. The van der Waals surface area contributed by atoms with E-state index in [0.29, 0.717) is 12.3 Å². The van der Waals surface area contributed by atoms with Gasteiger partial charge in [0.05, 0.1) is 6.61 Å². The highest BCUT2D eigenvalue weighted by atomic mass is 16.5. The topological polar surface area (TPSA) is 69.7 Å². The molecular formula is C18H28O5. The Labute approximate surface area is 138 Å². The maximum atomic E-state index is 12.0. The van der Waals surface area contributed by atoms with E-state index in [1.54, 1.807) is 6.92 Å². The van der Waals surface area contributed by atoms with Gasteiger partial charge in [0, 0.05) is 6.92 Å². The first-order valence-corrected chi connectivity index (χ1v) is 8.45. The van der Waals surface area contributed by atoms with Crippen LogP contribution in [0.4, 0.5) is 0 Å². The summed E-state index contributed by atoms with van der Waals surface area (Å²) in [7, 11) is 0. The van der Waals surface area contributed by atoms with Crippen LogP contribution in [0.5, 0.6) is 0 Å². The second kappa shape index (κ2) is 10.2. The molecule has 0 bridgehead atoms. The van der Waals surface area contributed by atoms with E-state index in [4.69, 9.17) is 9.47 Å². The summed E-state index contributed by atoms with van der Waals surface area (Å²) < 4.78 is 10.0. The molecule has 1 fully saturated rings. The lowest BCUT2D eigenvalue weighted by Gasteiger charge is -2.26. The summed E-state index contributed by atoms with van der Waals surface area (Å²) >= 11 is 0. The molecule has 1 unspecified atom stereocenters. The molecule has 0 spiro atoms. The van der Waals surface area contributed by atoms with E-state index >= 15 is 0 Å². The van der Waals surface area contributed by atoms with E-state index in [9.17, 15) is 14.4 Å². The Morgan fingerprint density at radius 3 is 2.26 bits per heavy atom. The van der Waals surface area contributed by atoms with Gasteiger partial charge in [-0.2, -0.15) is 0 Å². The van der Waals surface area contributed by atoms with E-state index in [0.717, 1.165) is 31.3 Å². The van der Waals surface area contributed by atoms with Crippen molar-refractivity contribution in [1.29, 1.82) is 0 Å². The molecule has 1 aliphatic rings. The van der Waals surface area contributed by atoms with Crippen LogP contribution in [-0.4, -0.2) is 30.9 Å². The van der Waals surface area contributed by atoms with Crippen LogP contribution in [0, 0.1) is 11.8 Å². The predicted octanol–water partition coefficient (Wildman–Crippen LogP) is 3.21. The zero-order chi connectivity index (χ0) is 17.2. The minimum atomic E-state index is -0.763. The molecule has 130 valence electrons. The average Bonchev–Trinajstić information content (AvgIpc) is 2.51.